The van der Waals surface area contributed by atoms with E-state index in [2.05, 4.69) is 50.4 Å². The molecular formula is C15H25N. The number of unbranched alkanes of at least 4 members (excludes halogenated alkanes) is 2. The van der Waals surface area contributed by atoms with Crippen molar-refractivity contribution in [1.29, 1.82) is 0 Å². The van der Waals surface area contributed by atoms with Crippen LogP contribution in [0.5, 0.6) is 0 Å². The maximum absolute atomic E-state index is 3.58. The molecule has 1 aromatic rings. The van der Waals surface area contributed by atoms with Crippen molar-refractivity contribution in [2.75, 3.05) is 5.32 Å². The second-order valence-electron chi connectivity index (χ2n) is 4.60. The largest absolute Gasteiger partial charge is 0.383 e. The van der Waals surface area contributed by atoms with Crippen LogP contribution in [0.3, 0.4) is 0 Å². The molecular weight excluding hydrogens is 194 g/mol. The molecule has 0 aromatic heterocycles. The Bertz CT molecular complexity index is 293. The molecule has 0 radical (unpaired) electrons. The number of nitrogens with one attached hydrogen (secondary N) is 1. The minimum absolute atomic E-state index is 0.582. The summed E-state index contributed by atoms with van der Waals surface area (Å²) in [5.74, 6) is 0. The summed E-state index contributed by atoms with van der Waals surface area (Å²) < 4.78 is 0. The predicted molar refractivity (Wildman–Crippen MR) is 73.0 cm³/mol. The molecule has 1 aromatic carbocycles. The van der Waals surface area contributed by atoms with Crippen molar-refractivity contribution in [3.63, 3.8) is 0 Å². The predicted octanol–water partition coefficient (Wildman–Crippen LogP) is 4.63. The molecule has 0 aliphatic carbocycles. The maximum atomic E-state index is 3.58. The molecule has 0 saturated heterocycles. The van der Waals surface area contributed by atoms with Gasteiger partial charge < -0.3 is 5.32 Å². The third-order valence-corrected chi connectivity index (χ3v) is 2.99. The topological polar surface area (TPSA) is 12.0 Å². The fraction of sp³-hybridized carbons (Fsp3) is 0.600. The Morgan fingerprint density at radius 1 is 1.19 bits per heavy atom. The van der Waals surface area contributed by atoms with Crippen LogP contribution in [-0.4, -0.2) is 6.04 Å². The highest BCUT2D eigenvalue weighted by atomic mass is 14.9. The van der Waals surface area contributed by atoms with E-state index in [1.54, 1.807) is 0 Å². The van der Waals surface area contributed by atoms with Gasteiger partial charge in [-0.05, 0) is 37.5 Å². The second-order valence-corrected chi connectivity index (χ2v) is 4.60. The minimum atomic E-state index is 0.582. The van der Waals surface area contributed by atoms with Gasteiger partial charge in [0.25, 0.3) is 0 Å². The molecule has 0 bridgehead atoms. The van der Waals surface area contributed by atoms with Crippen molar-refractivity contribution in [2.45, 2.75) is 58.9 Å². The van der Waals surface area contributed by atoms with E-state index in [1.807, 2.05) is 0 Å². The maximum Gasteiger partial charge on any atom is 0.0344 e. The first kappa shape index (κ1) is 13.1. The van der Waals surface area contributed by atoms with Gasteiger partial charge in [0.15, 0.2) is 0 Å². The van der Waals surface area contributed by atoms with E-state index in [-0.39, 0.29) is 0 Å². The molecule has 90 valence electrons. The lowest BCUT2D eigenvalue weighted by Crippen LogP contribution is -2.14. The van der Waals surface area contributed by atoms with Gasteiger partial charge in [-0.3, -0.25) is 0 Å². The van der Waals surface area contributed by atoms with Crippen LogP contribution in [0.1, 0.15) is 52.0 Å². The third-order valence-electron chi connectivity index (χ3n) is 2.99. The van der Waals surface area contributed by atoms with Crippen molar-refractivity contribution in [1.82, 2.24) is 0 Å². The number of rotatable bonds is 7. The zero-order valence-corrected chi connectivity index (χ0v) is 10.9. The Balaban J connectivity index is 2.39. The Morgan fingerprint density at radius 2 is 2.00 bits per heavy atom. The number of aryl methyl sites for hydroxylation is 1. The SMILES string of the molecule is CCCCCC(C)Nc1cccc(CC)c1. The average molecular weight is 219 g/mol. The minimum Gasteiger partial charge on any atom is -0.383 e. The highest BCUT2D eigenvalue weighted by Crippen LogP contribution is 2.14. The molecule has 1 rings (SSSR count). The summed E-state index contributed by atoms with van der Waals surface area (Å²) in [6.45, 7) is 6.72. The number of anilines is 1. The van der Waals surface area contributed by atoms with Crippen molar-refractivity contribution < 1.29 is 0 Å². The van der Waals surface area contributed by atoms with Crippen LogP contribution < -0.4 is 5.32 Å². The molecule has 0 saturated carbocycles. The van der Waals surface area contributed by atoms with Gasteiger partial charge in [0, 0.05) is 11.7 Å². The Labute approximate surface area is 100 Å². The van der Waals surface area contributed by atoms with Gasteiger partial charge >= 0.3 is 0 Å². The van der Waals surface area contributed by atoms with E-state index in [9.17, 15) is 0 Å². The van der Waals surface area contributed by atoms with Crippen molar-refractivity contribution in [3.8, 4) is 0 Å². The summed E-state index contributed by atoms with van der Waals surface area (Å²) in [5, 5.41) is 3.58. The molecule has 1 N–H and O–H groups in total. The van der Waals surface area contributed by atoms with Crippen molar-refractivity contribution in [3.05, 3.63) is 29.8 Å². The normalized spacial score (nSPS) is 12.4. The molecule has 0 aliphatic rings. The van der Waals surface area contributed by atoms with Crippen LogP contribution in [0.15, 0.2) is 24.3 Å². The van der Waals surface area contributed by atoms with Crippen LogP contribution >= 0.6 is 0 Å². The van der Waals surface area contributed by atoms with E-state index in [1.165, 1.54) is 36.9 Å². The van der Waals surface area contributed by atoms with Crippen LogP contribution in [0, 0.1) is 0 Å². The zero-order chi connectivity index (χ0) is 11.8. The van der Waals surface area contributed by atoms with Crippen molar-refractivity contribution in [2.24, 2.45) is 0 Å². The van der Waals surface area contributed by atoms with Crippen molar-refractivity contribution >= 4 is 5.69 Å². The summed E-state index contributed by atoms with van der Waals surface area (Å²) in [5.41, 5.74) is 2.68. The van der Waals surface area contributed by atoms with E-state index >= 15 is 0 Å². The van der Waals surface area contributed by atoms with E-state index in [0.717, 1.165) is 6.42 Å². The summed E-state index contributed by atoms with van der Waals surface area (Å²) in [7, 11) is 0. The Hall–Kier alpha value is -0.980. The molecule has 0 fully saturated rings. The lowest BCUT2D eigenvalue weighted by Gasteiger charge is -2.15. The first-order valence-electron chi connectivity index (χ1n) is 6.61. The van der Waals surface area contributed by atoms with Crippen LogP contribution in [-0.2, 0) is 6.42 Å². The molecule has 0 aliphatic heterocycles. The fourth-order valence-electron chi connectivity index (χ4n) is 1.94. The van der Waals surface area contributed by atoms with Crippen LogP contribution in [0.4, 0.5) is 5.69 Å². The number of benzene rings is 1. The summed E-state index contributed by atoms with van der Waals surface area (Å²) >= 11 is 0. The molecule has 1 heteroatoms. The smallest absolute Gasteiger partial charge is 0.0344 e. The van der Waals surface area contributed by atoms with E-state index in [0.29, 0.717) is 6.04 Å². The highest BCUT2D eigenvalue weighted by molar-refractivity contribution is 5.46. The van der Waals surface area contributed by atoms with E-state index < -0.39 is 0 Å². The van der Waals surface area contributed by atoms with Gasteiger partial charge in [-0.15, -0.1) is 0 Å². The van der Waals surface area contributed by atoms with Gasteiger partial charge in [0.05, 0.1) is 0 Å². The highest BCUT2D eigenvalue weighted by Gasteiger charge is 2.01. The van der Waals surface area contributed by atoms with E-state index in [4.69, 9.17) is 0 Å². The molecule has 1 atom stereocenters. The molecule has 1 unspecified atom stereocenters. The molecule has 16 heavy (non-hydrogen) atoms. The Kier molecular flexibility index (Phi) is 5.99. The standard InChI is InChI=1S/C15H25N/c1-4-6-7-9-13(3)16-15-11-8-10-14(5-2)12-15/h8,10-13,16H,4-7,9H2,1-3H3. The molecule has 0 spiro atoms. The van der Waals surface area contributed by atoms with Gasteiger partial charge in [0.1, 0.15) is 0 Å². The zero-order valence-electron chi connectivity index (χ0n) is 10.9. The third kappa shape index (κ3) is 4.69. The summed E-state index contributed by atoms with van der Waals surface area (Å²) in [6.07, 6.45) is 6.36. The average Bonchev–Trinajstić information content (AvgIpc) is 2.29. The van der Waals surface area contributed by atoms with Gasteiger partial charge in [-0.2, -0.15) is 0 Å². The lowest BCUT2D eigenvalue weighted by molar-refractivity contribution is 0.615. The first-order chi connectivity index (χ1) is 7.76. The Morgan fingerprint density at radius 3 is 2.69 bits per heavy atom. The van der Waals surface area contributed by atoms with Crippen LogP contribution in [0.2, 0.25) is 0 Å². The van der Waals surface area contributed by atoms with Gasteiger partial charge in [0.2, 0.25) is 0 Å². The number of hydrogen-bond donors (Lipinski definition) is 1. The quantitative estimate of drug-likeness (QED) is 0.659. The second kappa shape index (κ2) is 7.32. The molecule has 0 amide bonds. The lowest BCUT2D eigenvalue weighted by atomic mass is 10.1. The number of hydrogen-bond acceptors (Lipinski definition) is 1. The van der Waals surface area contributed by atoms with Crippen LogP contribution in [0.25, 0.3) is 0 Å². The first-order valence-corrected chi connectivity index (χ1v) is 6.61. The monoisotopic (exact) mass is 219 g/mol. The summed E-state index contributed by atoms with van der Waals surface area (Å²) in [4.78, 5) is 0. The molecule has 0 heterocycles. The molecule has 1 nitrogen and oxygen atoms in total. The van der Waals surface area contributed by atoms with Gasteiger partial charge in [-0.25, -0.2) is 0 Å². The summed E-state index contributed by atoms with van der Waals surface area (Å²) in [6, 6.07) is 9.33. The van der Waals surface area contributed by atoms with Gasteiger partial charge in [-0.1, -0.05) is 45.2 Å². The fourth-order valence-corrected chi connectivity index (χ4v) is 1.94.